The highest BCUT2D eigenvalue weighted by atomic mass is 16.5. The van der Waals surface area contributed by atoms with E-state index >= 15 is 0 Å². The van der Waals surface area contributed by atoms with Gasteiger partial charge in [0.25, 0.3) is 0 Å². The molecule has 0 heterocycles. The van der Waals surface area contributed by atoms with E-state index in [2.05, 4.69) is 79.7 Å². The summed E-state index contributed by atoms with van der Waals surface area (Å²) in [5, 5.41) is 0. The number of rotatable bonds is 9. The van der Waals surface area contributed by atoms with Crippen LogP contribution in [-0.2, 0) is 11.2 Å². The molecule has 0 spiro atoms. The lowest BCUT2D eigenvalue weighted by atomic mass is 9.88. The topological polar surface area (TPSA) is 18.5 Å². The van der Waals surface area contributed by atoms with Gasteiger partial charge in [0.1, 0.15) is 12.4 Å². The van der Waals surface area contributed by atoms with Crippen LogP contribution in [0.4, 0.5) is 0 Å². The molecule has 0 unspecified atom stereocenters. The SMILES string of the molecule is CCC(Cc1ccccc1)=C(c1ccccc1)c1ccc(OCCOC)cc1. The lowest BCUT2D eigenvalue weighted by molar-refractivity contribution is 0.146. The van der Waals surface area contributed by atoms with Gasteiger partial charge < -0.3 is 9.47 Å². The average Bonchev–Trinajstić information content (AvgIpc) is 2.76. The molecule has 0 saturated carbocycles. The molecule has 0 aliphatic rings. The molecule has 0 saturated heterocycles. The minimum Gasteiger partial charge on any atom is -0.491 e. The first-order valence-corrected chi connectivity index (χ1v) is 9.85. The first-order chi connectivity index (χ1) is 13.8. The maximum Gasteiger partial charge on any atom is 0.119 e. The lowest BCUT2D eigenvalue weighted by Gasteiger charge is -2.17. The summed E-state index contributed by atoms with van der Waals surface area (Å²) in [6, 6.07) is 29.8. The summed E-state index contributed by atoms with van der Waals surface area (Å²) in [6.07, 6.45) is 1.96. The summed E-state index contributed by atoms with van der Waals surface area (Å²) in [5.41, 5.74) is 6.56. The van der Waals surface area contributed by atoms with Gasteiger partial charge in [-0.1, -0.05) is 85.3 Å². The largest absolute Gasteiger partial charge is 0.491 e. The molecule has 0 bridgehead atoms. The number of ether oxygens (including phenoxy) is 2. The summed E-state index contributed by atoms with van der Waals surface area (Å²) in [5.74, 6) is 0.870. The fraction of sp³-hybridized carbons (Fsp3) is 0.231. The standard InChI is InChI=1S/C26H28O2/c1-3-22(20-21-10-6-4-7-11-21)26(23-12-8-5-9-13-23)24-14-16-25(17-15-24)28-19-18-27-2/h4-17H,3,18-20H2,1-2H3. The van der Waals surface area contributed by atoms with Crippen molar-refractivity contribution < 1.29 is 9.47 Å². The Labute approximate surface area is 168 Å². The Morgan fingerprint density at radius 1 is 0.714 bits per heavy atom. The molecule has 144 valence electrons. The molecule has 0 aliphatic carbocycles. The van der Waals surface area contributed by atoms with Crippen molar-refractivity contribution in [2.45, 2.75) is 19.8 Å². The number of methoxy groups -OCH3 is 1. The van der Waals surface area contributed by atoms with Crippen molar-refractivity contribution in [1.82, 2.24) is 0 Å². The van der Waals surface area contributed by atoms with Gasteiger partial charge in [0.15, 0.2) is 0 Å². The molecule has 28 heavy (non-hydrogen) atoms. The maximum absolute atomic E-state index is 5.73. The highest BCUT2D eigenvalue weighted by molar-refractivity contribution is 5.82. The van der Waals surface area contributed by atoms with Gasteiger partial charge in [0.05, 0.1) is 6.61 Å². The summed E-state index contributed by atoms with van der Waals surface area (Å²) in [4.78, 5) is 0. The molecule has 0 amide bonds. The van der Waals surface area contributed by atoms with E-state index < -0.39 is 0 Å². The van der Waals surface area contributed by atoms with Crippen molar-refractivity contribution in [3.8, 4) is 5.75 Å². The zero-order valence-electron chi connectivity index (χ0n) is 16.7. The Morgan fingerprint density at radius 2 is 1.32 bits per heavy atom. The van der Waals surface area contributed by atoms with Gasteiger partial charge in [-0.25, -0.2) is 0 Å². The number of hydrogen-bond donors (Lipinski definition) is 0. The lowest BCUT2D eigenvalue weighted by Crippen LogP contribution is -2.04. The second kappa shape index (κ2) is 10.5. The zero-order chi connectivity index (χ0) is 19.6. The van der Waals surface area contributed by atoms with E-state index in [-0.39, 0.29) is 0 Å². The second-order valence-electron chi connectivity index (χ2n) is 6.73. The van der Waals surface area contributed by atoms with Gasteiger partial charge in [-0.2, -0.15) is 0 Å². The third kappa shape index (κ3) is 5.34. The van der Waals surface area contributed by atoms with Gasteiger partial charge in [0.2, 0.25) is 0 Å². The third-order valence-corrected chi connectivity index (χ3v) is 4.80. The molecule has 2 nitrogen and oxygen atoms in total. The Morgan fingerprint density at radius 3 is 1.93 bits per heavy atom. The normalized spacial score (nSPS) is 11.8. The van der Waals surface area contributed by atoms with Crippen LogP contribution in [0, 0.1) is 0 Å². The van der Waals surface area contributed by atoms with Crippen LogP contribution in [0.5, 0.6) is 5.75 Å². The number of hydrogen-bond acceptors (Lipinski definition) is 2. The van der Waals surface area contributed by atoms with E-state index in [0.29, 0.717) is 13.2 Å². The van der Waals surface area contributed by atoms with Gasteiger partial charge in [-0.05, 0) is 47.2 Å². The van der Waals surface area contributed by atoms with E-state index in [1.54, 1.807) is 7.11 Å². The molecule has 3 aromatic rings. The van der Waals surface area contributed by atoms with Crippen LogP contribution in [0.25, 0.3) is 5.57 Å². The predicted octanol–water partition coefficient (Wildman–Crippen LogP) is 6.17. The van der Waals surface area contributed by atoms with Crippen LogP contribution in [0.3, 0.4) is 0 Å². The fourth-order valence-electron chi connectivity index (χ4n) is 3.37. The van der Waals surface area contributed by atoms with Crippen molar-refractivity contribution in [2.75, 3.05) is 20.3 Å². The zero-order valence-corrected chi connectivity index (χ0v) is 16.7. The van der Waals surface area contributed by atoms with Crippen LogP contribution >= 0.6 is 0 Å². The Hall–Kier alpha value is -2.84. The maximum atomic E-state index is 5.73. The molecule has 0 radical (unpaired) electrons. The van der Waals surface area contributed by atoms with Crippen LogP contribution in [0.2, 0.25) is 0 Å². The number of benzene rings is 3. The van der Waals surface area contributed by atoms with E-state index in [1.807, 2.05) is 12.1 Å². The van der Waals surface area contributed by atoms with Crippen molar-refractivity contribution in [3.63, 3.8) is 0 Å². The summed E-state index contributed by atoms with van der Waals surface area (Å²) in [7, 11) is 1.68. The van der Waals surface area contributed by atoms with Crippen LogP contribution in [0.1, 0.15) is 30.0 Å². The minimum atomic E-state index is 0.561. The molecule has 3 aromatic carbocycles. The highest BCUT2D eigenvalue weighted by Crippen LogP contribution is 2.31. The molecular weight excluding hydrogens is 344 g/mol. The Bertz CT molecular complexity index is 865. The monoisotopic (exact) mass is 372 g/mol. The van der Waals surface area contributed by atoms with E-state index in [4.69, 9.17) is 9.47 Å². The quantitative estimate of drug-likeness (QED) is 0.418. The van der Waals surface area contributed by atoms with Gasteiger partial charge >= 0.3 is 0 Å². The first kappa shape index (κ1) is 19.9. The number of allylic oxidation sites excluding steroid dienone is 1. The van der Waals surface area contributed by atoms with Crippen molar-refractivity contribution in [2.24, 2.45) is 0 Å². The fourth-order valence-corrected chi connectivity index (χ4v) is 3.37. The Kier molecular flexibility index (Phi) is 7.45. The van der Waals surface area contributed by atoms with Crippen molar-refractivity contribution in [1.29, 1.82) is 0 Å². The summed E-state index contributed by atoms with van der Waals surface area (Å²) < 4.78 is 10.8. The van der Waals surface area contributed by atoms with Gasteiger partial charge in [-0.15, -0.1) is 0 Å². The van der Waals surface area contributed by atoms with Gasteiger partial charge in [0, 0.05) is 7.11 Å². The van der Waals surface area contributed by atoms with E-state index in [0.717, 1.165) is 18.6 Å². The van der Waals surface area contributed by atoms with Crippen LogP contribution in [0.15, 0.2) is 90.5 Å². The molecule has 0 fully saturated rings. The van der Waals surface area contributed by atoms with Crippen LogP contribution < -0.4 is 4.74 Å². The molecule has 0 N–H and O–H groups in total. The first-order valence-electron chi connectivity index (χ1n) is 9.85. The van der Waals surface area contributed by atoms with Crippen molar-refractivity contribution >= 4 is 5.57 Å². The third-order valence-electron chi connectivity index (χ3n) is 4.80. The second-order valence-corrected chi connectivity index (χ2v) is 6.73. The summed E-state index contributed by atoms with van der Waals surface area (Å²) in [6.45, 7) is 3.39. The summed E-state index contributed by atoms with van der Waals surface area (Å²) >= 11 is 0. The van der Waals surface area contributed by atoms with E-state index in [1.165, 1.54) is 27.8 Å². The minimum absolute atomic E-state index is 0.561. The van der Waals surface area contributed by atoms with Gasteiger partial charge in [-0.3, -0.25) is 0 Å². The molecule has 0 aromatic heterocycles. The molecule has 2 heteroatoms. The predicted molar refractivity (Wildman–Crippen MR) is 117 cm³/mol. The molecule has 0 aliphatic heterocycles. The molecular formula is C26H28O2. The van der Waals surface area contributed by atoms with Crippen molar-refractivity contribution in [3.05, 3.63) is 107 Å². The highest BCUT2D eigenvalue weighted by Gasteiger charge is 2.12. The Balaban J connectivity index is 1.97. The smallest absolute Gasteiger partial charge is 0.119 e. The van der Waals surface area contributed by atoms with Crippen LogP contribution in [-0.4, -0.2) is 20.3 Å². The molecule has 0 atom stereocenters. The molecule has 3 rings (SSSR count). The van der Waals surface area contributed by atoms with E-state index in [9.17, 15) is 0 Å². The average molecular weight is 373 g/mol.